The summed E-state index contributed by atoms with van der Waals surface area (Å²) >= 11 is 0. The molecule has 0 bridgehead atoms. The van der Waals surface area contributed by atoms with Gasteiger partial charge >= 0.3 is 44.8 Å². The van der Waals surface area contributed by atoms with E-state index < -0.39 is 16.1 Å². The molecule has 4 fully saturated rings. The van der Waals surface area contributed by atoms with Gasteiger partial charge in [-0.3, -0.25) is 11.8 Å². The summed E-state index contributed by atoms with van der Waals surface area (Å²) in [6, 6.07) is 30.0. The molecule has 6 heteroatoms. The molecule has 358 valence electrons. The van der Waals surface area contributed by atoms with E-state index in [1.54, 1.807) is 154 Å². The van der Waals surface area contributed by atoms with Crippen LogP contribution in [0.5, 0.6) is 0 Å². The van der Waals surface area contributed by atoms with Gasteiger partial charge in [0.1, 0.15) is 16.1 Å². The van der Waals surface area contributed by atoms with Gasteiger partial charge in [0.15, 0.2) is 0 Å². The van der Waals surface area contributed by atoms with Gasteiger partial charge in [0.2, 0.25) is 0 Å². The molecule has 0 nitrogen and oxygen atoms in total. The van der Waals surface area contributed by atoms with Crippen LogP contribution in [0.3, 0.4) is 0 Å². The first-order chi connectivity index (χ1) is 31.2. The third kappa shape index (κ3) is 12.6. The number of hydrogen-bond acceptors (Lipinski definition) is 0. The summed E-state index contributed by atoms with van der Waals surface area (Å²) in [4.78, 5) is 0. The SMILES string of the molecule is C1CCC([PH+](CCCC[PH+](C2CCCCC2)C2CCCCC2)C2CCCCC2)CC1.[Au+].[Au+].[C-]#Cc1ccc2c(c1)[Si](C)(C)c1ccccc1-2.[C-]#Cc1ccc2c(c1)[Si](C)(C)c1ccccc1-2. The van der Waals surface area contributed by atoms with E-state index in [-0.39, 0.29) is 60.6 Å². The maximum absolute atomic E-state index is 7.26. The maximum atomic E-state index is 7.26. The average molecular weight is 1310 g/mol. The molecule has 0 atom stereocenters. The van der Waals surface area contributed by atoms with Crippen LogP contribution in [0.15, 0.2) is 84.9 Å². The van der Waals surface area contributed by atoms with Gasteiger partial charge < -0.3 is 12.8 Å². The average Bonchev–Trinajstić information content (AvgIpc) is 3.72. The molecule has 4 aliphatic carbocycles. The van der Waals surface area contributed by atoms with Crippen molar-refractivity contribution in [2.75, 3.05) is 12.3 Å². The van der Waals surface area contributed by atoms with Crippen molar-refractivity contribution in [3.63, 3.8) is 0 Å². The van der Waals surface area contributed by atoms with E-state index in [4.69, 9.17) is 12.8 Å². The van der Waals surface area contributed by atoms with E-state index in [9.17, 15) is 0 Å². The van der Waals surface area contributed by atoms with Gasteiger partial charge in [-0.2, -0.15) is 0 Å². The van der Waals surface area contributed by atoms with Crippen LogP contribution in [-0.2, 0) is 44.8 Å². The van der Waals surface area contributed by atoms with E-state index in [0.29, 0.717) is 0 Å². The molecule has 0 radical (unpaired) electrons. The fourth-order valence-electron chi connectivity index (χ4n) is 13.6. The zero-order valence-electron chi connectivity index (χ0n) is 41.0. The molecule has 0 unspecified atom stereocenters. The quantitative estimate of drug-likeness (QED) is 0.0515. The van der Waals surface area contributed by atoms with Crippen molar-refractivity contribution in [2.45, 2.75) is 190 Å². The van der Waals surface area contributed by atoms with Crippen LogP contribution >= 0.6 is 15.8 Å². The van der Waals surface area contributed by atoms with E-state index in [1.807, 2.05) is 12.1 Å². The van der Waals surface area contributed by atoms with Crippen LogP contribution < -0.4 is 20.7 Å². The van der Waals surface area contributed by atoms with Crippen LogP contribution in [-0.4, -0.2) is 51.1 Å². The Kier molecular flexibility index (Phi) is 21.1. The van der Waals surface area contributed by atoms with E-state index in [2.05, 4.69) is 111 Å². The second kappa shape index (κ2) is 25.8. The van der Waals surface area contributed by atoms with Crippen molar-refractivity contribution < 1.29 is 44.8 Å². The molecule has 2 aliphatic heterocycles. The molecule has 0 saturated heterocycles. The summed E-state index contributed by atoms with van der Waals surface area (Å²) < 4.78 is 0. The molecule has 4 aromatic carbocycles. The fourth-order valence-corrected chi connectivity index (χ4v) is 28.7. The topological polar surface area (TPSA) is 0 Å². The van der Waals surface area contributed by atoms with Crippen molar-refractivity contribution in [3.05, 3.63) is 109 Å². The first-order valence-electron chi connectivity index (χ1n) is 26.3. The Morgan fingerprint density at radius 3 is 1.00 bits per heavy atom. The standard InChI is InChI=1S/C28H52P2.2C16H13Si.2Au/c1-5-15-25(16-6-1)29(26-17-7-2-8-18-26)23-13-14-24-30(27-19-9-3-10-20-27)28-21-11-4-12-22-28;2*1-4-12-9-10-14-13-7-5-6-8-15(13)17(2,3)16(14)11-12;;/h25-28H,1-24H2;2*5-11H,2-3H3;;/q;2*-1;2*+1/p+2. The zero-order chi connectivity index (χ0) is 44.5. The second-order valence-corrected chi connectivity index (χ2v) is 37.0. The Morgan fingerprint density at radius 1 is 0.409 bits per heavy atom. The first kappa shape index (κ1) is 54.1. The normalized spacial score (nSPS) is 19.8. The van der Waals surface area contributed by atoms with E-state index >= 15 is 0 Å². The summed E-state index contributed by atoms with van der Waals surface area (Å²) in [5.74, 6) is 4.99. The van der Waals surface area contributed by atoms with Crippen molar-refractivity contribution in [1.82, 2.24) is 0 Å². The Bertz CT molecular complexity index is 2050. The second-order valence-electron chi connectivity index (χ2n) is 21.8. The van der Waals surface area contributed by atoms with Gasteiger partial charge in [0.05, 0.1) is 35.0 Å². The van der Waals surface area contributed by atoms with Crippen molar-refractivity contribution in [2.24, 2.45) is 0 Å². The summed E-state index contributed by atoms with van der Waals surface area (Å²) in [7, 11) is -3.27. The first-order valence-corrected chi connectivity index (χ1v) is 36.0. The van der Waals surface area contributed by atoms with Crippen molar-refractivity contribution in [1.29, 1.82) is 0 Å². The Balaban J connectivity index is 0.000000172. The number of fused-ring (bicyclic) bond motifs is 6. The van der Waals surface area contributed by atoms with Gasteiger partial charge in [-0.25, -0.2) is 0 Å². The van der Waals surface area contributed by atoms with Crippen LogP contribution in [0.4, 0.5) is 0 Å². The number of benzene rings is 4. The summed E-state index contributed by atoms with van der Waals surface area (Å²) in [6.07, 6.45) is 53.0. The minimum atomic E-state index is -1.55. The number of unbranched alkanes of at least 4 members (excludes halogenated alkanes) is 1. The van der Waals surface area contributed by atoms with Gasteiger partial charge in [-0.15, -0.1) is 35.4 Å². The molecular weight excluding hydrogens is 1230 g/mol. The van der Waals surface area contributed by atoms with Crippen molar-refractivity contribution in [3.8, 4) is 34.1 Å². The predicted octanol–water partition coefficient (Wildman–Crippen LogP) is 14.4. The molecule has 66 heavy (non-hydrogen) atoms. The van der Waals surface area contributed by atoms with Crippen molar-refractivity contribution >= 4 is 52.7 Å². The molecule has 0 aromatic heterocycles. The molecule has 0 N–H and O–H groups in total. The number of hydrogen-bond donors (Lipinski definition) is 0. The summed E-state index contributed by atoms with van der Waals surface area (Å²) in [5, 5.41) is 5.90. The zero-order valence-corrected chi connectivity index (χ0v) is 49.3. The van der Waals surface area contributed by atoms with Crippen LogP contribution in [0.1, 0.15) is 152 Å². The maximum Gasteiger partial charge on any atom is 1.00 e. The minimum absolute atomic E-state index is 0. The molecule has 2 heterocycles. The van der Waals surface area contributed by atoms with E-state index in [1.165, 1.54) is 65.6 Å². The minimum Gasteiger partial charge on any atom is -0.366 e. The summed E-state index contributed by atoms with van der Waals surface area (Å²) in [5.41, 5.74) is 12.1. The third-order valence-corrected chi connectivity index (χ3v) is 32.6. The Hall–Kier alpha value is -1.23. The Morgan fingerprint density at radius 2 is 0.697 bits per heavy atom. The molecule has 0 amide bonds. The molecule has 4 aromatic rings. The molecule has 10 rings (SSSR count). The van der Waals surface area contributed by atoms with Gasteiger partial charge in [0.25, 0.3) is 0 Å². The molecule has 6 aliphatic rings. The smallest absolute Gasteiger partial charge is 0.366 e. The summed E-state index contributed by atoms with van der Waals surface area (Å²) in [6.45, 7) is 9.52. The fraction of sp³-hybridized carbons (Fsp3) is 0.533. The predicted molar refractivity (Wildman–Crippen MR) is 293 cm³/mol. The van der Waals surface area contributed by atoms with Crippen LogP contribution in [0.2, 0.25) is 26.2 Å². The van der Waals surface area contributed by atoms with Crippen LogP contribution in [0.25, 0.3) is 22.3 Å². The molecule has 4 saturated carbocycles. The van der Waals surface area contributed by atoms with Gasteiger partial charge in [-0.05, 0) is 148 Å². The van der Waals surface area contributed by atoms with Gasteiger partial charge in [-0.1, -0.05) is 123 Å². The largest absolute Gasteiger partial charge is 1.00 e. The van der Waals surface area contributed by atoms with Gasteiger partial charge in [0, 0.05) is 15.8 Å². The monoisotopic (exact) mass is 1310 g/mol. The van der Waals surface area contributed by atoms with Crippen LogP contribution in [0, 0.1) is 24.7 Å². The Labute approximate surface area is 439 Å². The molecule has 0 spiro atoms. The third-order valence-electron chi connectivity index (χ3n) is 17.2. The van der Waals surface area contributed by atoms with E-state index in [0.717, 1.165) is 11.1 Å². The molecular formula is C60H80Au2P2Si2+2. The number of rotatable bonds is 9.